The highest BCUT2D eigenvalue weighted by Crippen LogP contribution is 2.30. The molecule has 166 valence electrons. The highest BCUT2D eigenvalue weighted by Gasteiger charge is 2.21. The lowest BCUT2D eigenvalue weighted by Crippen LogP contribution is -2.30. The van der Waals surface area contributed by atoms with E-state index in [1.165, 1.54) is 11.1 Å². The van der Waals surface area contributed by atoms with Crippen molar-refractivity contribution < 1.29 is 9.53 Å². The number of carbonyl (C=O) groups excluding carboxylic acids is 1. The van der Waals surface area contributed by atoms with Crippen LogP contribution in [0.3, 0.4) is 0 Å². The summed E-state index contributed by atoms with van der Waals surface area (Å²) in [6.45, 7) is 7.46. The molecule has 1 aromatic carbocycles. The van der Waals surface area contributed by atoms with Crippen molar-refractivity contribution in [3.05, 3.63) is 94.9 Å². The van der Waals surface area contributed by atoms with Gasteiger partial charge in [-0.05, 0) is 71.5 Å². The van der Waals surface area contributed by atoms with Crippen molar-refractivity contribution in [2.24, 2.45) is 0 Å². The SMILES string of the molecule is CCCc1cc(C2=CC(=O)N3C=C(C4=CCN(CC)CC4)C=C/C3=C\C=C2)ccc1OC. The summed E-state index contributed by atoms with van der Waals surface area (Å²) < 4.78 is 5.51. The van der Waals surface area contributed by atoms with Crippen molar-refractivity contribution in [3.8, 4) is 5.75 Å². The summed E-state index contributed by atoms with van der Waals surface area (Å²) in [4.78, 5) is 17.5. The summed E-state index contributed by atoms with van der Waals surface area (Å²) in [6, 6.07) is 6.16. The first kappa shape index (κ1) is 22.1. The first-order chi connectivity index (χ1) is 15.6. The van der Waals surface area contributed by atoms with E-state index in [0.717, 1.165) is 67.1 Å². The lowest BCUT2D eigenvalue weighted by atomic mass is 9.96. The molecule has 4 rings (SSSR count). The summed E-state index contributed by atoms with van der Waals surface area (Å²) in [5.74, 6) is 0.868. The van der Waals surface area contributed by atoms with Crippen LogP contribution in [0.2, 0.25) is 0 Å². The van der Waals surface area contributed by atoms with Gasteiger partial charge in [0.1, 0.15) is 5.75 Å². The molecule has 0 bridgehead atoms. The molecule has 4 nitrogen and oxygen atoms in total. The minimum atomic E-state index is -0.0306. The Bertz CT molecular complexity index is 1070. The number of likely N-dealkylation sites (N-methyl/N-ethyl adjacent to an activating group) is 1. The second-order valence-corrected chi connectivity index (χ2v) is 8.33. The molecule has 0 aliphatic carbocycles. The van der Waals surface area contributed by atoms with E-state index in [-0.39, 0.29) is 5.91 Å². The van der Waals surface area contributed by atoms with E-state index in [0.29, 0.717) is 0 Å². The monoisotopic (exact) mass is 428 g/mol. The number of carbonyl (C=O) groups is 1. The molecule has 3 heterocycles. The van der Waals surface area contributed by atoms with Crippen LogP contribution in [0, 0.1) is 0 Å². The van der Waals surface area contributed by atoms with Gasteiger partial charge in [0.15, 0.2) is 0 Å². The maximum absolute atomic E-state index is 13.3. The molecule has 0 aromatic heterocycles. The Labute approximate surface area is 191 Å². The minimum Gasteiger partial charge on any atom is -0.496 e. The van der Waals surface area contributed by atoms with Gasteiger partial charge in [-0.3, -0.25) is 14.6 Å². The van der Waals surface area contributed by atoms with Gasteiger partial charge in [0.05, 0.1) is 7.11 Å². The number of nitrogens with zero attached hydrogens (tertiary/aromatic N) is 2. The van der Waals surface area contributed by atoms with Crippen LogP contribution in [-0.4, -0.2) is 42.5 Å². The van der Waals surface area contributed by atoms with Gasteiger partial charge in [0.2, 0.25) is 0 Å². The number of benzene rings is 1. The van der Waals surface area contributed by atoms with Crippen molar-refractivity contribution in [1.82, 2.24) is 9.80 Å². The maximum Gasteiger partial charge on any atom is 0.255 e. The van der Waals surface area contributed by atoms with Gasteiger partial charge in [-0.25, -0.2) is 0 Å². The Balaban J connectivity index is 1.63. The largest absolute Gasteiger partial charge is 0.496 e. The molecule has 0 saturated heterocycles. The Hall–Kier alpha value is -3.11. The van der Waals surface area contributed by atoms with Crippen molar-refractivity contribution >= 4 is 11.5 Å². The third kappa shape index (κ3) is 4.71. The second-order valence-electron chi connectivity index (χ2n) is 8.33. The Morgan fingerprint density at radius 1 is 1.09 bits per heavy atom. The molecular weight excluding hydrogens is 396 g/mol. The van der Waals surface area contributed by atoms with Gasteiger partial charge in [-0.1, -0.05) is 50.6 Å². The number of rotatable bonds is 6. The highest BCUT2D eigenvalue weighted by molar-refractivity contribution is 6.00. The van der Waals surface area contributed by atoms with Gasteiger partial charge < -0.3 is 4.74 Å². The third-order valence-corrected chi connectivity index (χ3v) is 6.28. The summed E-state index contributed by atoms with van der Waals surface area (Å²) in [5, 5.41) is 0. The number of fused-ring (bicyclic) bond motifs is 1. The Morgan fingerprint density at radius 2 is 1.97 bits per heavy atom. The molecule has 3 aliphatic heterocycles. The topological polar surface area (TPSA) is 32.8 Å². The molecule has 0 spiro atoms. The van der Waals surface area contributed by atoms with Crippen molar-refractivity contribution in [2.45, 2.75) is 33.1 Å². The van der Waals surface area contributed by atoms with E-state index < -0.39 is 0 Å². The van der Waals surface area contributed by atoms with Crippen molar-refractivity contribution in [2.75, 3.05) is 26.7 Å². The summed E-state index contributed by atoms with van der Waals surface area (Å²) in [7, 11) is 1.70. The van der Waals surface area contributed by atoms with E-state index in [1.807, 2.05) is 42.6 Å². The number of hydrogen-bond donors (Lipinski definition) is 0. The molecule has 3 aliphatic rings. The van der Waals surface area contributed by atoms with E-state index >= 15 is 0 Å². The zero-order chi connectivity index (χ0) is 22.5. The predicted octanol–water partition coefficient (Wildman–Crippen LogP) is 5.42. The molecule has 0 fully saturated rings. The Kier molecular flexibility index (Phi) is 6.91. The normalized spacial score (nSPS) is 20.5. The van der Waals surface area contributed by atoms with Crippen molar-refractivity contribution in [1.29, 1.82) is 0 Å². The molecule has 32 heavy (non-hydrogen) atoms. The molecule has 4 heteroatoms. The second kappa shape index (κ2) is 10.0. The van der Waals surface area contributed by atoms with Gasteiger partial charge in [-0.2, -0.15) is 0 Å². The van der Waals surface area contributed by atoms with Crippen LogP contribution in [-0.2, 0) is 11.2 Å². The van der Waals surface area contributed by atoms with Crippen LogP contribution >= 0.6 is 0 Å². The van der Waals surface area contributed by atoms with Crippen LogP contribution in [0.5, 0.6) is 5.75 Å². The quantitative estimate of drug-likeness (QED) is 0.607. The summed E-state index contributed by atoms with van der Waals surface area (Å²) >= 11 is 0. The predicted molar refractivity (Wildman–Crippen MR) is 131 cm³/mol. The van der Waals surface area contributed by atoms with E-state index in [4.69, 9.17) is 4.74 Å². The molecule has 0 atom stereocenters. The fourth-order valence-corrected chi connectivity index (χ4v) is 4.39. The first-order valence-corrected chi connectivity index (χ1v) is 11.5. The number of aryl methyl sites for hydroxylation is 1. The number of methoxy groups -OCH3 is 1. The molecule has 0 unspecified atom stereocenters. The fourth-order valence-electron chi connectivity index (χ4n) is 4.39. The zero-order valence-corrected chi connectivity index (χ0v) is 19.3. The molecule has 0 N–H and O–H groups in total. The standard InChI is InChI=1S/C28H32N2O2/c1-4-7-24-18-23(11-13-27(24)32-3)22-8-6-9-26-12-10-25(20-30(26)28(31)19-22)21-14-16-29(5-2)17-15-21/h6,8-14,18-20H,4-5,7,15-17H2,1-3H3/b8-6?,22-19?,26-9+. The van der Waals surface area contributed by atoms with Gasteiger partial charge >= 0.3 is 0 Å². The first-order valence-electron chi connectivity index (χ1n) is 11.5. The fraction of sp³-hybridized carbons (Fsp3) is 0.321. The zero-order valence-electron chi connectivity index (χ0n) is 19.3. The van der Waals surface area contributed by atoms with Gasteiger partial charge in [0.25, 0.3) is 5.91 Å². The molecule has 1 amide bonds. The van der Waals surface area contributed by atoms with Crippen LogP contribution in [0.1, 0.15) is 37.8 Å². The Morgan fingerprint density at radius 3 is 2.69 bits per heavy atom. The number of allylic oxidation sites excluding steroid dienone is 7. The van der Waals surface area contributed by atoms with Crippen LogP contribution < -0.4 is 4.74 Å². The van der Waals surface area contributed by atoms with E-state index in [1.54, 1.807) is 18.1 Å². The number of hydrogen-bond acceptors (Lipinski definition) is 3. The lowest BCUT2D eigenvalue weighted by Gasteiger charge is -2.28. The lowest BCUT2D eigenvalue weighted by molar-refractivity contribution is -0.122. The van der Waals surface area contributed by atoms with Gasteiger partial charge in [0, 0.05) is 31.1 Å². The van der Waals surface area contributed by atoms with Crippen LogP contribution in [0.15, 0.2) is 83.8 Å². The average molecular weight is 429 g/mol. The molecule has 0 radical (unpaired) electrons. The van der Waals surface area contributed by atoms with Crippen molar-refractivity contribution in [3.63, 3.8) is 0 Å². The van der Waals surface area contributed by atoms with Crippen LogP contribution in [0.4, 0.5) is 0 Å². The maximum atomic E-state index is 13.3. The van der Waals surface area contributed by atoms with Crippen LogP contribution in [0.25, 0.3) is 5.57 Å². The third-order valence-electron chi connectivity index (χ3n) is 6.28. The van der Waals surface area contributed by atoms with Gasteiger partial charge in [-0.15, -0.1) is 0 Å². The van der Waals surface area contributed by atoms with E-state index in [2.05, 4.69) is 37.0 Å². The number of amides is 1. The smallest absolute Gasteiger partial charge is 0.255 e. The summed E-state index contributed by atoms with van der Waals surface area (Å²) in [6.07, 6.45) is 19.2. The minimum absolute atomic E-state index is 0.0306. The molecule has 0 saturated carbocycles. The summed E-state index contributed by atoms with van der Waals surface area (Å²) in [5.41, 5.74) is 6.44. The van der Waals surface area contributed by atoms with E-state index in [9.17, 15) is 4.79 Å². The average Bonchev–Trinajstić information content (AvgIpc) is 2.82. The highest BCUT2D eigenvalue weighted by atomic mass is 16.5. The number of ether oxygens (including phenoxy) is 1. The molecule has 1 aromatic rings. The molecular formula is C28H32N2O2.